The van der Waals surface area contributed by atoms with E-state index in [9.17, 15) is 4.39 Å². The van der Waals surface area contributed by atoms with Gasteiger partial charge in [-0.3, -0.25) is 0 Å². The zero-order valence-electron chi connectivity index (χ0n) is 15.3. The highest BCUT2D eigenvalue weighted by Gasteiger charge is 2.10. The Morgan fingerprint density at radius 1 is 1.35 bits per heavy atom. The van der Waals surface area contributed by atoms with E-state index in [2.05, 4.69) is 20.6 Å². The fraction of sp³-hybridized carbons (Fsp3) is 0.444. The highest BCUT2D eigenvalue weighted by molar-refractivity contribution is 14.0. The number of aromatic nitrogens is 1. The molecule has 2 rings (SSSR count). The molecule has 0 saturated heterocycles. The first-order valence-corrected chi connectivity index (χ1v) is 9.28. The Labute approximate surface area is 175 Å². The average molecular weight is 492 g/mol. The second-order valence-corrected chi connectivity index (χ2v) is 6.85. The molecule has 0 amide bonds. The largest absolute Gasteiger partial charge is 0.489 e. The molecule has 2 N–H and O–H groups in total. The minimum atomic E-state index is -0.296. The van der Waals surface area contributed by atoms with Gasteiger partial charge in [-0.05, 0) is 32.4 Å². The Morgan fingerprint density at radius 3 is 2.77 bits per heavy atom. The lowest BCUT2D eigenvalue weighted by atomic mass is 10.2. The first-order chi connectivity index (χ1) is 12.1. The van der Waals surface area contributed by atoms with Crippen LogP contribution in [0.15, 0.2) is 35.5 Å². The summed E-state index contributed by atoms with van der Waals surface area (Å²) in [5.74, 6) is 0.973. The molecule has 0 spiro atoms. The monoisotopic (exact) mass is 492 g/mol. The van der Waals surface area contributed by atoms with E-state index in [0.29, 0.717) is 18.8 Å². The maximum atomic E-state index is 13.3. The molecule has 0 saturated carbocycles. The number of nitrogens with zero attached hydrogens (tertiary/aromatic N) is 2. The van der Waals surface area contributed by atoms with Crippen molar-refractivity contribution in [3.05, 3.63) is 46.2 Å². The number of ether oxygens (including phenoxy) is 1. The van der Waals surface area contributed by atoms with Crippen molar-refractivity contribution >= 4 is 41.3 Å². The number of hydrogen-bond donors (Lipinski definition) is 2. The van der Waals surface area contributed by atoms with E-state index in [1.807, 2.05) is 27.0 Å². The van der Waals surface area contributed by atoms with E-state index >= 15 is 0 Å². The number of nitrogens with one attached hydrogen (secondary N) is 2. The Bertz CT molecular complexity index is 695. The van der Waals surface area contributed by atoms with Crippen molar-refractivity contribution in [1.29, 1.82) is 0 Å². The molecule has 1 heterocycles. The molecule has 1 unspecified atom stereocenters. The number of halogens is 2. The number of thiazole rings is 1. The quantitative estimate of drug-likeness (QED) is 0.331. The van der Waals surface area contributed by atoms with Crippen molar-refractivity contribution in [2.24, 2.45) is 4.99 Å². The Hall–Kier alpha value is -1.42. The van der Waals surface area contributed by atoms with Crippen LogP contribution in [-0.2, 0) is 6.54 Å². The van der Waals surface area contributed by atoms with E-state index in [-0.39, 0.29) is 35.9 Å². The first kappa shape index (κ1) is 22.6. The molecule has 0 aliphatic carbocycles. The van der Waals surface area contributed by atoms with Crippen molar-refractivity contribution in [1.82, 2.24) is 15.6 Å². The number of aryl methyl sites for hydroxylation is 1. The van der Waals surface area contributed by atoms with Crippen LogP contribution in [0.25, 0.3) is 0 Å². The van der Waals surface area contributed by atoms with Crippen LogP contribution in [0, 0.1) is 12.7 Å². The number of benzene rings is 1. The summed E-state index contributed by atoms with van der Waals surface area (Å²) in [5, 5.41) is 7.55. The summed E-state index contributed by atoms with van der Waals surface area (Å²) in [6, 6.07) is 6.21. The Kier molecular flexibility index (Phi) is 10.5. The molecule has 1 atom stereocenters. The molecule has 8 heteroatoms. The molecule has 26 heavy (non-hydrogen) atoms. The molecule has 1 aromatic heterocycles. The summed E-state index contributed by atoms with van der Waals surface area (Å²) in [6.45, 7) is 7.99. The molecular formula is C18H26FIN4OS. The third-order valence-corrected chi connectivity index (χ3v) is 4.36. The van der Waals surface area contributed by atoms with Gasteiger partial charge < -0.3 is 15.4 Å². The van der Waals surface area contributed by atoms with Gasteiger partial charge in [0.2, 0.25) is 0 Å². The van der Waals surface area contributed by atoms with Crippen LogP contribution < -0.4 is 15.4 Å². The number of guanidine groups is 1. The van der Waals surface area contributed by atoms with E-state index in [0.717, 1.165) is 28.8 Å². The smallest absolute Gasteiger partial charge is 0.191 e. The molecular weight excluding hydrogens is 466 g/mol. The fourth-order valence-corrected chi connectivity index (χ4v) is 2.91. The summed E-state index contributed by atoms with van der Waals surface area (Å²) >= 11 is 1.65. The van der Waals surface area contributed by atoms with Crippen molar-refractivity contribution in [3.63, 3.8) is 0 Å². The van der Waals surface area contributed by atoms with Crippen molar-refractivity contribution in [2.45, 2.75) is 39.8 Å². The van der Waals surface area contributed by atoms with Gasteiger partial charge in [0, 0.05) is 23.7 Å². The third-order valence-electron chi connectivity index (χ3n) is 3.46. The summed E-state index contributed by atoms with van der Waals surface area (Å²) in [5.41, 5.74) is 0. The average Bonchev–Trinajstić information content (AvgIpc) is 3.01. The highest BCUT2D eigenvalue weighted by Crippen LogP contribution is 2.15. The van der Waals surface area contributed by atoms with Gasteiger partial charge in [-0.1, -0.05) is 13.0 Å². The van der Waals surface area contributed by atoms with Crippen molar-refractivity contribution in [2.75, 3.05) is 13.1 Å². The zero-order valence-corrected chi connectivity index (χ0v) is 18.4. The minimum Gasteiger partial charge on any atom is -0.489 e. The van der Waals surface area contributed by atoms with E-state index in [1.54, 1.807) is 23.5 Å². The van der Waals surface area contributed by atoms with Crippen molar-refractivity contribution in [3.8, 4) is 5.75 Å². The van der Waals surface area contributed by atoms with E-state index in [4.69, 9.17) is 4.74 Å². The van der Waals surface area contributed by atoms with Gasteiger partial charge in [0.15, 0.2) is 5.96 Å². The van der Waals surface area contributed by atoms with Gasteiger partial charge >= 0.3 is 0 Å². The second-order valence-electron chi connectivity index (χ2n) is 5.53. The highest BCUT2D eigenvalue weighted by atomic mass is 127. The van der Waals surface area contributed by atoms with E-state index < -0.39 is 0 Å². The summed E-state index contributed by atoms with van der Waals surface area (Å²) in [7, 11) is 0. The molecule has 0 aliphatic rings. The van der Waals surface area contributed by atoms with Crippen molar-refractivity contribution < 1.29 is 9.13 Å². The van der Waals surface area contributed by atoms with Gasteiger partial charge in [-0.25, -0.2) is 14.4 Å². The predicted molar refractivity (Wildman–Crippen MR) is 116 cm³/mol. The molecule has 5 nitrogen and oxygen atoms in total. The normalized spacial score (nSPS) is 12.2. The van der Waals surface area contributed by atoms with Crippen LogP contribution in [0.4, 0.5) is 4.39 Å². The SMILES string of the molecule is CCNC(=NCc1cnc(C)s1)NCC(CC)Oc1cccc(F)c1.I. The molecule has 0 bridgehead atoms. The molecule has 0 aliphatic heterocycles. The molecule has 0 fully saturated rings. The molecule has 0 radical (unpaired) electrons. The van der Waals surface area contributed by atoms with Crippen LogP contribution in [0.1, 0.15) is 30.2 Å². The lowest BCUT2D eigenvalue weighted by molar-refractivity contribution is 0.198. The van der Waals surface area contributed by atoms with Gasteiger partial charge in [-0.2, -0.15) is 0 Å². The van der Waals surface area contributed by atoms with Gasteiger partial charge in [-0.15, -0.1) is 35.3 Å². The second kappa shape index (κ2) is 12.1. The maximum Gasteiger partial charge on any atom is 0.191 e. The standard InChI is InChI=1S/C18H25FN4OS.HI/c1-4-15(24-16-8-6-7-14(19)9-16)10-22-18(20-5-2)23-12-17-11-21-13(3)25-17;/h6-9,11,15H,4-5,10,12H2,1-3H3,(H2,20,22,23);1H. The lowest BCUT2D eigenvalue weighted by Crippen LogP contribution is -2.42. The van der Waals surface area contributed by atoms with E-state index in [1.165, 1.54) is 12.1 Å². The molecule has 144 valence electrons. The van der Waals surface area contributed by atoms with Crippen LogP contribution in [-0.4, -0.2) is 30.1 Å². The topological polar surface area (TPSA) is 58.5 Å². The zero-order chi connectivity index (χ0) is 18.1. The third kappa shape index (κ3) is 7.86. The minimum absolute atomic E-state index is 0. The van der Waals surface area contributed by atoms with Crippen LogP contribution in [0.3, 0.4) is 0 Å². The van der Waals surface area contributed by atoms with Gasteiger partial charge in [0.1, 0.15) is 17.7 Å². The van der Waals surface area contributed by atoms with Gasteiger partial charge in [0.05, 0.1) is 18.1 Å². The Morgan fingerprint density at radius 2 is 2.15 bits per heavy atom. The summed E-state index contributed by atoms with van der Waals surface area (Å²) in [4.78, 5) is 9.94. The summed E-state index contributed by atoms with van der Waals surface area (Å²) < 4.78 is 19.1. The number of hydrogen-bond acceptors (Lipinski definition) is 4. The fourth-order valence-electron chi connectivity index (χ4n) is 2.19. The predicted octanol–water partition coefficient (Wildman–Crippen LogP) is 4.12. The number of rotatable bonds is 8. The Balaban J connectivity index is 0.00000338. The summed E-state index contributed by atoms with van der Waals surface area (Å²) in [6.07, 6.45) is 2.59. The van der Waals surface area contributed by atoms with Crippen LogP contribution in [0.5, 0.6) is 5.75 Å². The number of aliphatic imine (C=N–C) groups is 1. The first-order valence-electron chi connectivity index (χ1n) is 8.46. The van der Waals surface area contributed by atoms with Gasteiger partial charge in [0.25, 0.3) is 0 Å². The molecule has 1 aromatic carbocycles. The van der Waals surface area contributed by atoms with Crippen LogP contribution in [0.2, 0.25) is 0 Å². The van der Waals surface area contributed by atoms with Crippen LogP contribution >= 0.6 is 35.3 Å². The molecule has 2 aromatic rings. The maximum absolute atomic E-state index is 13.3. The lowest BCUT2D eigenvalue weighted by Gasteiger charge is -2.20.